The zero-order valence-corrected chi connectivity index (χ0v) is 23.6. The van der Waals surface area contributed by atoms with Gasteiger partial charge in [0.25, 0.3) is 0 Å². The van der Waals surface area contributed by atoms with Crippen LogP contribution in [0.3, 0.4) is 0 Å². The van der Waals surface area contributed by atoms with E-state index in [1.165, 1.54) is 24.7 Å². The zero-order valence-electron chi connectivity index (χ0n) is 23.6. The highest BCUT2D eigenvalue weighted by molar-refractivity contribution is 5.94. The van der Waals surface area contributed by atoms with E-state index in [2.05, 4.69) is 25.9 Å². The van der Waals surface area contributed by atoms with Gasteiger partial charge in [-0.25, -0.2) is 9.78 Å². The molecule has 0 fully saturated rings. The monoisotopic (exact) mass is 578 g/mol. The van der Waals surface area contributed by atoms with E-state index < -0.39 is 47.9 Å². The summed E-state index contributed by atoms with van der Waals surface area (Å²) in [4.78, 5) is 58.6. The second-order valence-corrected chi connectivity index (χ2v) is 10.6. The molecule has 0 radical (unpaired) electrons. The summed E-state index contributed by atoms with van der Waals surface area (Å²) in [7, 11) is 0. The molecule has 4 unspecified atom stereocenters. The molecule has 0 spiro atoms. The van der Waals surface area contributed by atoms with Crippen LogP contribution >= 0.6 is 0 Å². The van der Waals surface area contributed by atoms with Gasteiger partial charge in [0.15, 0.2) is 0 Å². The minimum Gasteiger partial charge on any atom is -0.508 e. The predicted octanol–water partition coefficient (Wildman–Crippen LogP) is 1.06. The van der Waals surface area contributed by atoms with Crippen molar-refractivity contribution in [2.75, 3.05) is 0 Å². The Kier molecular flexibility index (Phi) is 11.6. The van der Waals surface area contributed by atoms with E-state index in [-0.39, 0.29) is 30.9 Å². The van der Waals surface area contributed by atoms with Crippen LogP contribution in [-0.2, 0) is 38.4 Å². The van der Waals surface area contributed by atoms with Gasteiger partial charge in [-0.15, -0.1) is 0 Å². The molecule has 0 bridgehead atoms. The molecule has 3 rings (SSSR count). The van der Waals surface area contributed by atoms with Gasteiger partial charge in [0.1, 0.15) is 23.9 Å². The molecule has 3 aromatic rings. The topological polar surface area (TPSA) is 200 Å². The molecule has 42 heavy (non-hydrogen) atoms. The lowest BCUT2D eigenvalue weighted by Crippen LogP contribution is -2.58. The molecular formula is C30H38N6O6. The minimum atomic E-state index is -1.30. The molecule has 2 aromatic carbocycles. The third-order valence-corrected chi connectivity index (χ3v) is 6.58. The van der Waals surface area contributed by atoms with E-state index in [1.807, 2.05) is 44.2 Å². The lowest BCUT2D eigenvalue weighted by atomic mass is 10.0. The van der Waals surface area contributed by atoms with Crippen LogP contribution in [0.2, 0.25) is 0 Å². The summed E-state index contributed by atoms with van der Waals surface area (Å²) in [5, 5.41) is 27.4. The van der Waals surface area contributed by atoms with Crippen LogP contribution in [0.4, 0.5) is 0 Å². The van der Waals surface area contributed by atoms with Gasteiger partial charge in [-0.2, -0.15) is 0 Å². The van der Waals surface area contributed by atoms with E-state index in [1.54, 1.807) is 12.1 Å². The van der Waals surface area contributed by atoms with Gasteiger partial charge in [0, 0.05) is 31.2 Å². The van der Waals surface area contributed by atoms with Crippen LogP contribution in [0, 0.1) is 5.92 Å². The van der Waals surface area contributed by atoms with Gasteiger partial charge < -0.3 is 36.9 Å². The van der Waals surface area contributed by atoms with E-state index >= 15 is 0 Å². The van der Waals surface area contributed by atoms with E-state index in [9.17, 15) is 29.4 Å². The first-order chi connectivity index (χ1) is 20.0. The molecule has 1 heterocycles. The molecule has 0 aliphatic rings. The number of aromatic amines is 1. The number of carboxylic acid groups (broad SMARTS) is 1. The van der Waals surface area contributed by atoms with Gasteiger partial charge in [0.05, 0.1) is 12.4 Å². The average molecular weight is 579 g/mol. The van der Waals surface area contributed by atoms with E-state index in [0.29, 0.717) is 17.7 Å². The third-order valence-electron chi connectivity index (χ3n) is 6.58. The fourth-order valence-corrected chi connectivity index (χ4v) is 4.39. The second kappa shape index (κ2) is 15.3. The number of phenols is 1. The Labute approximate surface area is 244 Å². The van der Waals surface area contributed by atoms with Crippen molar-refractivity contribution in [3.8, 4) is 5.75 Å². The normalized spacial score (nSPS) is 13.9. The van der Waals surface area contributed by atoms with Crippen molar-refractivity contribution in [1.29, 1.82) is 0 Å². The fourth-order valence-electron chi connectivity index (χ4n) is 4.39. The number of hydrogen-bond donors (Lipinski definition) is 7. The quantitative estimate of drug-likeness (QED) is 0.139. The van der Waals surface area contributed by atoms with E-state index in [0.717, 1.165) is 5.56 Å². The summed E-state index contributed by atoms with van der Waals surface area (Å²) in [5.74, 6) is -2.94. The number of benzene rings is 2. The number of aromatic hydroxyl groups is 1. The number of aromatic nitrogens is 2. The molecule has 12 nitrogen and oxygen atoms in total. The molecule has 0 saturated heterocycles. The summed E-state index contributed by atoms with van der Waals surface area (Å²) < 4.78 is 0. The first-order valence-corrected chi connectivity index (χ1v) is 13.7. The highest BCUT2D eigenvalue weighted by Gasteiger charge is 2.31. The van der Waals surface area contributed by atoms with Gasteiger partial charge in [-0.05, 0) is 35.6 Å². The Morgan fingerprint density at radius 2 is 1.36 bits per heavy atom. The molecular weight excluding hydrogens is 540 g/mol. The minimum absolute atomic E-state index is 0.00683. The Morgan fingerprint density at radius 3 is 1.88 bits per heavy atom. The van der Waals surface area contributed by atoms with Gasteiger partial charge in [-0.1, -0.05) is 56.3 Å². The smallest absolute Gasteiger partial charge is 0.326 e. The summed E-state index contributed by atoms with van der Waals surface area (Å²) in [6.07, 6.45) is 3.35. The van der Waals surface area contributed by atoms with Crippen molar-refractivity contribution >= 4 is 23.7 Å². The van der Waals surface area contributed by atoms with Gasteiger partial charge in [-0.3, -0.25) is 14.4 Å². The number of nitrogens with zero attached hydrogens (tertiary/aromatic N) is 1. The SMILES string of the molecule is CC(C)CC(N)C(=O)NC(Cc1ccccc1)C(=O)NC(Cc1ccc(O)cc1)C(=O)NC(Cc1cnc[nH]1)C(=O)O. The van der Waals surface area contributed by atoms with E-state index in [4.69, 9.17) is 5.73 Å². The highest BCUT2D eigenvalue weighted by atomic mass is 16.4. The number of nitrogens with two attached hydrogens (primary N) is 1. The number of amides is 3. The number of carboxylic acids is 1. The first-order valence-electron chi connectivity index (χ1n) is 13.7. The van der Waals surface area contributed by atoms with Crippen molar-refractivity contribution in [3.05, 3.63) is 83.9 Å². The van der Waals surface area contributed by atoms with Crippen molar-refractivity contribution in [2.45, 2.75) is 63.7 Å². The van der Waals surface area contributed by atoms with Crippen molar-refractivity contribution in [2.24, 2.45) is 11.7 Å². The summed E-state index contributed by atoms with van der Waals surface area (Å²) >= 11 is 0. The Hall–Kier alpha value is -4.71. The van der Waals surface area contributed by atoms with Crippen molar-refractivity contribution in [3.63, 3.8) is 0 Å². The van der Waals surface area contributed by atoms with Crippen LogP contribution in [0.1, 0.15) is 37.1 Å². The van der Waals surface area contributed by atoms with Crippen molar-refractivity contribution < 1.29 is 29.4 Å². The molecule has 0 aliphatic carbocycles. The number of hydrogen-bond acceptors (Lipinski definition) is 7. The molecule has 4 atom stereocenters. The van der Waals surface area contributed by atoms with Gasteiger partial charge in [0.2, 0.25) is 17.7 Å². The number of phenolic OH excluding ortho intramolecular Hbond substituents is 1. The number of rotatable bonds is 15. The maximum absolute atomic E-state index is 13.6. The molecule has 8 N–H and O–H groups in total. The molecule has 3 amide bonds. The summed E-state index contributed by atoms with van der Waals surface area (Å²) in [6.45, 7) is 3.87. The van der Waals surface area contributed by atoms with Gasteiger partial charge >= 0.3 is 5.97 Å². The largest absolute Gasteiger partial charge is 0.508 e. The third kappa shape index (κ3) is 10.0. The number of imidazole rings is 1. The Balaban J connectivity index is 1.84. The highest BCUT2D eigenvalue weighted by Crippen LogP contribution is 2.13. The molecule has 224 valence electrons. The standard InChI is InChI=1S/C30H38N6O6/c1-18(2)12-23(31)27(38)34-24(13-19-6-4-3-5-7-19)28(39)35-25(14-20-8-10-22(37)11-9-20)29(40)36-26(30(41)42)15-21-16-32-17-33-21/h3-11,16-18,23-26,37H,12-15,31H2,1-2H3,(H,32,33)(H,34,38)(H,35,39)(H,36,40)(H,41,42). The van der Waals surface area contributed by atoms with Crippen molar-refractivity contribution in [1.82, 2.24) is 25.9 Å². The molecule has 12 heteroatoms. The van der Waals surface area contributed by atoms with Crippen LogP contribution in [-0.4, -0.2) is 68.0 Å². The maximum atomic E-state index is 13.6. The molecule has 0 aliphatic heterocycles. The summed E-state index contributed by atoms with van der Waals surface area (Å²) in [5.41, 5.74) is 7.96. The zero-order chi connectivity index (χ0) is 30.6. The second-order valence-electron chi connectivity index (χ2n) is 10.6. The Bertz CT molecular complexity index is 1310. The number of aliphatic carboxylic acids is 1. The van der Waals surface area contributed by atoms with Crippen LogP contribution in [0.5, 0.6) is 5.75 Å². The molecule has 0 saturated carbocycles. The Morgan fingerprint density at radius 1 is 0.810 bits per heavy atom. The van der Waals surface area contributed by atoms with Crippen LogP contribution in [0.15, 0.2) is 67.1 Å². The van der Waals surface area contributed by atoms with Crippen LogP contribution < -0.4 is 21.7 Å². The first kappa shape index (κ1) is 31.8. The summed E-state index contributed by atoms with van der Waals surface area (Å²) in [6, 6.07) is 10.8. The average Bonchev–Trinajstić information content (AvgIpc) is 3.46. The number of nitrogens with one attached hydrogen (secondary N) is 4. The predicted molar refractivity (Wildman–Crippen MR) is 155 cm³/mol. The molecule has 1 aromatic heterocycles. The lowest BCUT2D eigenvalue weighted by Gasteiger charge is -2.26. The number of H-pyrrole nitrogens is 1. The fraction of sp³-hybridized carbons (Fsp3) is 0.367. The number of carbonyl (C=O) groups excluding carboxylic acids is 3. The number of carbonyl (C=O) groups is 4. The maximum Gasteiger partial charge on any atom is 0.326 e. The van der Waals surface area contributed by atoms with Crippen LogP contribution in [0.25, 0.3) is 0 Å². The lowest BCUT2D eigenvalue weighted by molar-refractivity contribution is -0.142.